The molecule has 0 N–H and O–H groups in total. The van der Waals surface area contributed by atoms with Crippen molar-refractivity contribution in [2.24, 2.45) is 0 Å². The van der Waals surface area contributed by atoms with Crippen LogP contribution in [0, 0.1) is 0 Å². The molecule has 0 unspecified atom stereocenters. The number of methoxy groups -OCH3 is 4. The molecule has 0 heterocycles. The average molecular weight is 290 g/mol. The van der Waals surface area contributed by atoms with Crippen LogP contribution in [0.3, 0.4) is 0 Å². The molecule has 3 aliphatic rings. The van der Waals surface area contributed by atoms with E-state index in [1.54, 1.807) is 28.4 Å². The van der Waals surface area contributed by atoms with Crippen LogP contribution in [-0.2, 0) is 0 Å². The van der Waals surface area contributed by atoms with Crippen LogP contribution in [0.2, 0.25) is 0 Å². The highest BCUT2D eigenvalue weighted by molar-refractivity contribution is 5.72. The van der Waals surface area contributed by atoms with E-state index in [1.165, 1.54) is 16.7 Å². The summed E-state index contributed by atoms with van der Waals surface area (Å²) in [6, 6.07) is 0. The zero-order valence-corrected chi connectivity index (χ0v) is 13.3. The Morgan fingerprint density at radius 3 is 1.76 bits per heavy atom. The number of hydrogen-bond donors (Lipinski definition) is 0. The summed E-state index contributed by atoms with van der Waals surface area (Å²) < 4.78 is 22.5. The van der Waals surface area contributed by atoms with Gasteiger partial charge in [-0.15, -0.1) is 0 Å². The summed E-state index contributed by atoms with van der Waals surface area (Å²) in [5, 5.41) is 0. The normalized spacial score (nSPS) is 22.4. The fourth-order valence-electron chi connectivity index (χ4n) is 3.88. The summed E-state index contributed by atoms with van der Waals surface area (Å²) >= 11 is 0. The van der Waals surface area contributed by atoms with E-state index in [0.717, 1.165) is 24.3 Å². The van der Waals surface area contributed by atoms with E-state index in [2.05, 4.69) is 13.0 Å². The topological polar surface area (TPSA) is 36.9 Å². The molecule has 1 aromatic rings. The largest absolute Gasteiger partial charge is 0.492 e. The first-order valence-corrected chi connectivity index (χ1v) is 7.25. The van der Waals surface area contributed by atoms with Gasteiger partial charge in [0.1, 0.15) is 0 Å². The van der Waals surface area contributed by atoms with Crippen molar-refractivity contribution in [1.29, 1.82) is 0 Å². The highest BCUT2D eigenvalue weighted by Gasteiger charge is 2.40. The first-order valence-electron chi connectivity index (χ1n) is 7.25. The first kappa shape index (κ1) is 14.1. The summed E-state index contributed by atoms with van der Waals surface area (Å²) in [6.45, 7) is 2.20. The predicted molar refractivity (Wildman–Crippen MR) is 81.1 cm³/mol. The van der Waals surface area contributed by atoms with Gasteiger partial charge in [-0.2, -0.15) is 0 Å². The van der Waals surface area contributed by atoms with Crippen molar-refractivity contribution in [3.63, 3.8) is 0 Å². The van der Waals surface area contributed by atoms with Crippen LogP contribution in [0.25, 0.3) is 0 Å². The first-order chi connectivity index (χ1) is 10.2. The van der Waals surface area contributed by atoms with Crippen LogP contribution >= 0.6 is 0 Å². The maximum atomic E-state index is 5.69. The van der Waals surface area contributed by atoms with Crippen LogP contribution < -0.4 is 18.9 Å². The zero-order valence-electron chi connectivity index (χ0n) is 13.3. The molecule has 2 atom stereocenters. The summed E-state index contributed by atoms with van der Waals surface area (Å²) in [5.41, 5.74) is 3.82. The maximum Gasteiger partial charge on any atom is 0.207 e. The number of ether oxygens (including phenoxy) is 4. The Hall–Kier alpha value is -1.84. The van der Waals surface area contributed by atoms with Crippen LogP contribution in [0.4, 0.5) is 0 Å². The molecule has 0 spiro atoms. The second kappa shape index (κ2) is 5.17. The molecule has 0 radical (unpaired) electrons. The van der Waals surface area contributed by atoms with Gasteiger partial charge in [0.25, 0.3) is 0 Å². The number of allylic oxidation sites excluding steroid dienone is 2. The highest BCUT2D eigenvalue weighted by atomic mass is 16.5. The summed E-state index contributed by atoms with van der Waals surface area (Å²) in [7, 11) is 6.64. The van der Waals surface area contributed by atoms with Crippen molar-refractivity contribution in [1.82, 2.24) is 0 Å². The van der Waals surface area contributed by atoms with E-state index in [9.17, 15) is 0 Å². The van der Waals surface area contributed by atoms with Crippen LogP contribution in [0.5, 0.6) is 23.0 Å². The number of rotatable bonds is 4. The highest BCUT2D eigenvalue weighted by Crippen LogP contribution is 2.60. The van der Waals surface area contributed by atoms with E-state index in [4.69, 9.17) is 18.9 Å². The predicted octanol–water partition coefficient (Wildman–Crippen LogP) is 3.64. The quantitative estimate of drug-likeness (QED) is 0.793. The molecule has 0 saturated carbocycles. The van der Waals surface area contributed by atoms with Gasteiger partial charge in [0.15, 0.2) is 11.5 Å². The lowest BCUT2D eigenvalue weighted by Crippen LogP contribution is -2.22. The standard InChI is InChI=1S/C17H22O4/c1-9-8-10-6-7-11(9)13-12(10)14(18-2)16(20-4)17(21-5)15(13)19-3/h8,10-11H,6-7H2,1-5H3/t10-,11+/m0/s1. The van der Waals surface area contributed by atoms with Gasteiger partial charge in [0, 0.05) is 23.0 Å². The second-order valence-corrected chi connectivity index (χ2v) is 5.61. The Morgan fingerprint density at radius 2 is 1.29 bits per heavy atom. The average Bonchev–Trinajstić information content (AvgIpc) is 2.52. The van der Waals surface area contributed by atoms with Gasteiger partial charge in [-0.05, 0) is 19.8 Å². The molecule has 0 saturated heterocycles. The summed E-state index contributed by atoms with van der Waals surface area (Å²) in [6.07, 6.45) is 4.64. The molecule has 21 heavy (non-hydrogen) atoms. The van der Waals surface area contributed by atoms with Crippen LogP contribution in [0.15, 0.2) is 11.6 Å². The van der Waals surface area contributed by atoms with Crippen molar-refractivity contribution < 1.29 is 18.9 Å². The van der Waals surface area contributed by atoms with E-state index in [0.29, 0.717) is 23.3 Å². The smallest absolute Gasteiger partial charge is 0.207 e. The van der Waals surface area contributed by atoms with E-state index in [-0.39, 0.29) is 0 Å². The zero-order chi connectivity index (χ0) is 15.1. The third-order valence-electron chi connectivity index (χ3n) is 4.71. The lowest BCUT2D eigenvalue weighted by atomic mass is 9.67. The van der Waals surface area contributed by atoms with Crippen molar-refractivity contribution in [3.05, 3.63) is 22.8 Å². The molecule has 114 valence electrons. The van der Waals surface area contributed by atoms with Gasteiger partial charge in [0.05, 0.1) is 28.4 Å². The molecule has 0 amide bonds. The molecular weight excluding hydrogens is 268 g/mol. The minimum absolute atomic E-state index is 0.369. The van der Waals surface area contributed by atoms with Crippen LogP contribution in [-0.4, -0.2) is 28.4 Å². The van der Waals surface area contributed by atoms with E-state index in [1.807, 2.05) is 0 Å². The minimum atomic E-state index is 0.369. The lowest BCUT2D eigenvalue weighted by molar-refractivity contribution is 0.295. The van der Waals surface area contributed by atoms with Crippen molar-refractivity contribution in [2.75, 3.05) is 28.4 Å². The minimum Gasteiger partial charge on any atom is -0.492 e. The molecule has 4 nitrogen and oxygen atoms in total. The molecule has 1 aromatic carbocycles. The molecule has 4 rings (SSSR count). The molecule has 4 heteroatoms. The Labute approximate surface area is 125 Å². The SMILES string of the molecule is COc1c(OC)c(OC)c2c(c1OC)[C@@H]1C=C(C)[C@H]2CC1. The van der Waals surface area contributed by atoms with Crippen LogP contribution in [0.1, 0.15) is 42.7 Å². The van der Waals surface area contributed by atoms with E-state index < -0.39 is 0 Å². The molecule has 0 aliphatic heterocycles. The van der Waals surface area contributed by atoms with Crippen molar-refractivity contribution in [3.8, 4) is 23.0 Å². The number of fused-ring (bicyclic) bond motifs is 1. The second-order valence-electron chi connectivity index (χ2n) is 5.61. The maximum absolute atomic E-state index is 5.69. The molecule has 2 bridgehead atoms. The number of hydrogen-bond acceptors (Lipinski definition) is 4. The van der Waals surface area contributed by atoms with Gasteiger partial charge < -0.3 is 18.9 Å². The van der Waals surface area contributed by atoms with Crippen molar-refractivity contribution in [2.45, 2.75) is 31.6 Å². The Kier molecular flexibility index (Phi) is 3.47. The van der Waals surface area contributed by atoms with Gasteiger partial charge in [-0.1, -0.05) is 11.6 Å². The Balaban J connectivity index is 2.37. The monoisotopic (exact) mass is 290 g/mol. The lowest BCUT2D eigenvalue weighted by Gasteiger charge is -2.39. The van der Waals surface area contributed by atoms with Gasteiger partial charge >= 0.3 is 0 Å². The molecule has 0 aromatic heterocycles. The van der Waals surface area contributed by atoms with Crippen molar-refractivity contribution >= 4 is 0 Å². The van der Waals surface area contributed by atoms with Gasteiger partial charge in [-0.25, -0.2) is 0 Å². The van der Waals surface area contributed by atoms with Gasteiger partial charge in [0.2, 0.25) is 11.5 Å². The van der Waals surface area contributed by atoms with Gasteiger partial charge in [-0.3, -0.25) is 0 Å². The molecule has 3 aliphatic carbocycles. The fourth-order valence-corrected chi connectivity index (χ4v) is 3.88. The Bertz CT molecular complexity index is 604. The number of benzene rings is 1. The van der Waals surface area contributed by atoms with E-state index >= 15 is 0 Å². The summed E-state index contributed by atoms with van der Waals surface area (Å²) in [4.78, 5) is 0. The summed E-state index contributed by atoms with van der Waals surface area (Å²) in [5.74, 6) is 3.56. The fraction of sp³-hybridized carbons (Fsp3) is 0.529. The Morgan fingerprint density at radius 1 is 0.762 bits per heavy atom. The third-order valence-corrected chi connectivity index (χ3v) is 4.71. The third kappa shape index (κ3) is 1.81. The molecular formula is C17H22O4. The molecule has 0 fully saturated rings.